The van der Waals surface area contributed by atoms with Crippen LogP contribution in [0.4, 0.5) is 0 Å². The fourth-order valence-corrected chi connectivity index (χ4v) is 2.03. The van der Waals surface area contributed by atoms with Crippen molar-refractivity contribution in [2.24, 2.45) is 11.8 Å². The first-order chi connectivity index (χ1) is 8.74. The molecule has 2 unspecified atom stereocenters. The molecule has 3 rings (SSSR count). The molecule has 2 aliphatic rings. The highest BCUT2D eigenvalue weighted by Crippen LogP contribution is 2.39. The fraction of sp³-hybridized carbons (Fsp3) is 0.538. The molecule has 0 saturated heterocycles. The highest BCUT2D eigenvalue weighted by molar-refractivity contribution is 5.92. The second-order valence-electron chi connectivity index (χ2n) is 5.03. The van der Waals surface area contributed by atoms with Gasteiger partial charge in [0, 0.05) is 6.04 Å². The smallest absolute Gasteiger partial charge is 0.224 e. The molecule has 2 atom stereocenters. The van der Waals surface area contributed by atoms with E-state index >= 15 is 0 Å². The van der Waals surface area contributed by atoms with E-state index in [-0.39, 0.29) is 23.7 Å². The third-order valence-corrected chi connectivity index (χ3v) is 3.40. The van der Waals surface area contributed by atoms with Gasteiger partial charge < -0.3 is 15.1 Å². The lowest BCUT2D eigenvalue weighted by Crippen LogP contribution is -2.31. The van der Waals surface area contributed by atoms with E-state index < -0.39 is 0 Å². The predicted octanol–water partition coefficient (Wildman–Crippen LogP) is 0.810. The van der Waals surface area contributed by atoms with Crippen molar-refractivity contribution in [3.63, 3.8) is 0 Å². The highest BCUT2D eigenvalue weighted by atomic mass is 16.3. The molecule has 1 heterocycles. The monoisotopic (exact) mass is 248 g/mol. The van der Waals surface area contributed by atoms with Gasteiger partial charge in [-0.15, -0.1) is 0 Å². The van der Waals surface area contributed by atoms with Gasteiger partial charge in [-0.25, -0.2) is 0 Å². The minimum absolute atomic E-state index is 0.0376. The van der Waals surface area contributed by atoms with Crippen molar-refractivity contribution in [1.82, 2.24) is 10.6 Å². The van der Waals surface area contributed by atoms with Crippen LogP contribution in [0.3, 0.4) is 0 Å². The number of rotatable bonds is 5. The summed E-state index contributed by atoms with van der Waals surface area (Å²) in [5, 5.41) is 5.72. The highest BCUT2D eigenvalue weighted by Gasteiger charge is 2.48. The fourth-order valence-electron chi connectivity index (χ4n) is 2.03. The van der Waals surface area contributed by atoms with Crippen LogP contribution >= 0.6 is 0 Å². The minimum atomic E-state index is -0.154. The zero-order valence-electron chi connectivity index (χ0n) is 10.0. The Labute approximate surface area is 105 Å². The van der Waals surface area contributed by atoms with Gasteiger partial charge in [0.1, 0.15) is 5.76 Å². The minimum Gasteiger partial charge on any atom is -0.467 e. The van der Waals surface area contributed by atoms with E-state index in [1.165, 1.54) is 0 Å². The van der Waals surface area contributed by atoms with Gasteiger partial charge in [-0.05, 0) is 31.4 Å². The Morgan fingerprint density at radius 1 is 1.28 bits per heavy atom. The zero-order valence-corrected chi connectivity index (χ0v) is 10.0. The van der Waals surface area contributed by atoms with Gasteiger partial charge in [0.15, 0.2) is 0 Å². The number of amides is 2. The molecule has 18 heavy (non-hydrogen) atoms. The molecule has 5 heteroatoms. The third kappa shape index (κ3) is 2.55. The van der Waals surface area contributed by atoms with Gasteiger partial charge in [0.2, 0.25) is 11.8 Å². The molecule has 1 aromatic rings. The molecule has 5 nitrogen and oxygen atoms in total. The molecule has 2 N–H and O–H groups in total. The summed E-state index contributed by atoms with van der Waals surface area (Å²) in [6.45, 7) is 0.388. The van der Waals surface area contributed by atoms with E-state index in [1.807, 2.05) is 6.07 Å². The first-order valence-corrected chi connectivity index (χ1v) is 6.34. The average Bonchev–Trinajstić information content (AvgIpc) is 3.26. The number of hydrogen-bond acceptors (Lipinski definition) is 3. The molecule has 2 aliphatic carbocycles. The first kappa shape index (κ1) is 11.3. The number of carbonyl (C=O) groups excluding carboxylic acids is 2. The van der Waals surface area contributed by atoms with Gasteiger partial charge in [-0.1, -0.05) is 0 Å². The van der Waals surface area contributed by atoms with Crippen molar-refractivity contribution in [3.05, 3.63) is 24.2 Å². The summed E-state index contributed by atoms with van der Waals surface area (Å²) in [5.41, 5.74) is 0. The number of furan rings is 1. The first-order valence-electron chi connectivity index (χ1n) is 6.34. The van der Waals surface area contributed by atoms with Crippen LogP contribution in [0.1, 0.15) is 25.0 Å². The van der Waals surface area contributed by atoms with Gasteiger partial charge in [-0.3, -0.25) is 9.59 Å². The Kier molecular flexibility index (Phi) is 2.81. The summed E-state index contributed by atoms with van der Waals surface area (Å²) in [6, 6.07) is 3.96. The van der Waals surface area contributed by atoms with Gasteiger partial charge in [0.25, 0.3) is 0 Å². The van der Waals surface area contributed by atoms with E-state index in [0.29, 0.717) is 19.0 Å². The quantitative estimate of drug-likeness (QED) is 0.810. The number of carbonyl (C=O) groups is 2. The van der Waals surface area contributed by atoms with Crippen molar-refractivity contribution in [1.29, 1.82) is 0 Å². The van der Waals surface area contributed by atoms with Crippen LogP contribution in [0.25, 0.3) is 0 Å². The second-order valence-corrected chi connectivity index (χ2v) is 5.03. The number of hydrogen-bond donors (Lipinski definition) is 2. The second kappa shape index (κ2) is 4.48. The summed E-state index contributed by atoms with van der Waals surface area (Å²) >= 11 is 0. The van der Waals surface area contributed by atoms with Crippen molar-refractivity contribution in [3.8, 4) is 0 Å². The van der Waals surface area contributed by atoms with Crippen LogP contribution in [0.5, 0.6) is 0 Å². The van der Waals surface area contributed by atoms with Crippen LogP contribution in [0.2, 0.25) is 0 Å². The summed E-state index contributed by atoms with van der Waals surface area (Å²) < 4.78 is 5.13. The normalized spacial score (nSPS) is 25.6. The molecule has 1 aromatic heterocycles. The summed E-state index contributed by atoms with van der Waals surface area (Å²) in [5.74, 6) is 0.432. The van der Waals surface area contributed by atoms with Crippen LogP contribution in [-0.4, -0.2) is 17.9 Å². The molecule has 2 fully saturated rings. The van der Waals surface area contributed by atoms with Crippen LogP contribution in [0, 0.1) is 11.8 Å². The van der Waals surface area contributed by atoms with Gasteiger partial charge in [0.05, 0.1) is 24.6 Å². The molecule has 2 amide bonds. The topological polar surface area (TPSA) is 71.3 Å². The lowest BCUT2D eigenvalue weighted by Gasteiger charge is -2.03. The standard InChI is InChI=1S/C13H16N2O3/c16-12(14-7-9-2-1-5-18-9)10-6-11(10)13(17)15-8-3-4-8/h1-2,5,8,10-11H,3-4,6-7H2,(H,14,16)(H,15,17). The van der Waals surface area contributed by atoms with E-state index in [2.05, 4.69) is 10.6 Å². The van der Waals surface area contributed by atoms with Crippen molar-refractivity contribution >= 4 is 11.8 Å². The van der Waals surface area contributed by atoms with E-state index in [9.17, 15) is 9.59 Å². The summed E-state index contributed by atoms with van der Waals surface area (Å²) in [4.78, 5) is 23.5. The molecule has 0 radical (unpaired) electrons. The molecule has 0 aliphatic heterocycles. The molecule has 0 aromatic carbocycles. The van der Waals surface area contributed by atoms with E-state index in [0.717, 1.165) is 18.6 Å². The Bertz CT molecular complexity index is 451. The largest absolute Gasteiger partial charge is 0.467 e. The molecule has 0 spiro atoms. The molecule has 2 saturated carbocycles. The van der Waals surface area contributed by atoms with Crippen LogP contribution < -0.4 is 10.6 Å². The summed E-state index contributed by atoms with van der Waals surface area (Å²) in [6.07, 6.45) is 4.40. The van der Waals surface area contributed by atoms with E-state index in [1.54, 1.807) is 12.3 Å². The molecule has 0 bridgehead atoms. The Balaban J connectivity index is 1.42. The van der Waals surface area contributed by atoms with Crippen LogP contribution in [-0.2, 0) is 16.1 Å². The van der Waals surface area contributed by atoms with Crippen molar-refractivity contribution in [2.75, 3.05) is 0 Å². The number of nitrogens with one attached hydrogen (secondary N) is 2. The maximum Gasteiger partial charge on any atom is 0.224 e. The Hall–Kier alpha value is -1.78. The lowest BCUT2D eigenvalue weighted by molar-refractivity contribution is -0.127. The summed E-state index contributed by atoms with van der Waals surface area (Å²) in [7, 11) is 0. The maximum absolute atomic E-state index is 11.8. The van der Waals surface area contributed by atoms with E-state index in [4.69, 9.17) is 4.42 Å². The molecular weight excluding hydrogens is 232 g/mol. The van der Waals surface area contributed by atoms with Crippen molar-refractivity contribution < 1.29 is 14.0 Å². The SMILES string of the molecule is O=C(NCc1ccco1)C1CC1C(=O)NC1CC1. The van der Waals surface area contributed by atoms with Gasteiger partial charge in [-0.2, -0.15) is 0 Å². The lowest BCUT2D eigenvalue weighted by atomic mass is 10.2. The maximum atomic E-state index is 11.8. The Morgan fingerprint density at radius 3 is 2.72 bits per heavy atom. The average molecular weight is 248 g/mol. The Morgan fingerprint density at radius 2 is 2.06 bits per heavy atom. The molecule has 96 valence electrons. The predicted molar refractivity (Wildman–Crippen MR) is 63.3 cm³/mol. The van der Waals surface area contributed by atoms with Crippen molar-refractivity contribution in [2.45, 2.75) is 31.8 Å². The molecular formula is C13H16N2O3. The van der Waals surface area contributed by atoms with Gasteiger partial charge >= 0.3 is 0 Å². The van der Waals surface area contributed by atoms with Crippen LogP contribution in [0.15, 0.2) is 22.8 Å². The third-order valence-electron chi connectivity index (χ3n) is 3.40. The zero-order chi connectivity index (χ0) is 12.5.